The molecule has 0 bridgehead atoms. The van der Waals surface area contributed by atoms with Crippen LogP contribution in [0.4, 0.5) is 0 Å². The number of rotatable bonds is 0. The molecule has 0 amide bonds. The van der Waals surface area contributed by atoms with E-state index >= 15 is 0 Å². The molecule has 0 fully saturated rings. The molecule has 0 saturated carbocycles. The van der Waals surface area contributed by atoms with E-state index in [1.807, 2.05) is 42.5 Å². The predicted octanol–water partition coefficient (Wildman–Crippen LogP) is 3.84. The summed E-state index contributed by atoms with van der Waals surface area (Å²) >= 11 is 0. The number of cyclic esters (lactones) is 1. The van der Waals surface area contributed by atoms with Gasteiger partial charge in [0.1, 0.15) is 5.76 Å². The minimum atomic E-state index is -0.254. The van der Waals surface area contributed by atoms with Crippen LogP contribution in [0.1, 0.15) is 27.0 Å². The normalized spacial score (nSPS) is 19.5. The van der Waals surface area contributed by atoms with Crippen LogP contribution in [0.15, 0.2) is 60.2 Å². The van der Waals surface area contributed by atoms with Crippen molar-refractivity contribution in [3.8, 4) is 0 Å². The van der Waals surface area contributed by atoms with Gasteiger partial charge in [-0.25, -0.2) is 4.79 Å². The summed E-state index contributed by atoms with van der Waals surface area (Å²) in [6.45, 7) is 0. The van der Waals surface area contributed by atoms with Crippen LogP contribution in [-0.2, 0) is 11.2 Å². The van der Waals surface area contributed by atoms with Gasteiger partial charge in [-0.2, -0.15) is 0 Å². The maximum atomic E-state index is 11.9. The van der Waals surface area contributed by atoms with Gasteiger partial charge in [-0.1, -0.05) is 54.6 Å². The third kappa shape index (κ3) is 1.62. The van der Waals surface area contributed by atoms with Crippen LogP contribution in [0.2, 0.25) is 0 Å². The van der Waals surface area contributed by atoms with Crippen LogP contribution in [0.5, 0.6) is 0 Å². The Labute approximate surface area is 117 Å². The Bertz CT molecular complexity index is 782. The average Bonchev–Trinajstić information content (AvgIpc) is 2.85. The minimum Gasteiger partial charge on any atom is -0.422 e. The van der Waals surface area contributed by atoms with Crippen molar-refractivity contribution in [1.82, 2.24) is 0 Å². The molecule has 2 aromatic rings. The first-order valence-electron chi connectivity index (χ1n) is 6.63. The topological polar surface area (TPSA) is 26.3 Å². The van der Waals surface area contributed by atoms with Crippen LogP contribution in [0, 0.1) is 0 Å². The van der Waals surface area contributed by atoms with Crippen molar-refractivity contribution in [2.45, 2.75) is 6.42 Å². The van der Waals surface area contributed by atoms with E-state index in [2.05, 4.69) is 18.2 Å². The molecule has 20 heavy (non-hydrogen) atoms. The summed E-state index contributed by atoms with van der Waals surface area (Å²) in [6.07, 6.45) is 4.92. The standard InChI is InChI=1S/C18H12O2/c19-18-16-8-4-3-7-15(16)17(20-18)14-10-9-12-5-1-2-6-13(12)11-14/h1-10H,11H2. The predicted molar refractivity (Wildman–Crippen MR) is 78.0 cm³/mol. The Morgan fingerprint density at radius 1 is 0.850 bits per heavy atom. The van der Waals surface area contributed by atoms with Gasteiger partial charge in [-0.3, -0.25) is 0 Å². The van der Waals surface area contributed by atoms with Crippen molar-refractivity contribution in [3.05, 3.63) is 82.4 Å². The first-order chi connectivity index (χ1) is 9.83. The molecule has 0 spiro atoms. The molecule has 0 radical (unpaired) electrons. The van der Waals surface area contributed by atoms with E-state index in [1.54, 1.807) is 0 Å². The van der Waals surface area contributed by atoms with Crippen LogP contribution < -0.4 is 0 Å². The number of fused-ring (bicyclic) bond motifs is 2. The Morgan fingerprint density at radius 2 is 1.60 bits per heavy atom. The molecule has 0 unspecified atom stereocenters. The second kappa shape index (κ2) is 4.20. The summed E-state index contributed by atoms with van der Waals surface area (Å²) in [7, 11) is 0. The Balaban J connectivity index is 1.85. The van der Waals surface area contributed by atoms with Crippen molar-refractivity contribution in [2.75, 3.05) is 0 Å². The van der Waals surface area contributed by atoms with Gasteiger partial charge in [-0.05, 0) is 22.8 Å². The van der Waals surface area contributed by atoms with E-state index < -0.39 is 0 Å². The number of ether oxygens (including phenoxy) is 1. The molecule has 1 heterocycles. The van der Waals surface area contributed by atoms with Crippen molar-refractivity contribution < 1.29 is 9.53 Å². The average molecular weight is 260 g/mol. The lowest BCUT2D eigenvalue weighted by atomic mass is 9.92. The van der Waals surface area contributed by atoms with Crippen molar-refractivity contribution >= 4 is 17.8 Å². The lowest BCUT2D eigenvalue weighted by molar-refractivity contribution is 0.0714. The van der Waals surface area contributed by atoms with Crippen LogP contribution >= 0.6 is 0 Å². The molecule has 1 aliphatic heterocycles. The highest BCUT2D eigenvalue weighted by Crippen LogP contribution is 2.35. The maximum absolute atomic E-state index is 11.9. The van der Waals surface area contributed by atoms with Gasteiger partial charge in [0.05, 0.1) is 5.56 Å². The summed E-state index contributed by atoms with van der Waals surface area (Å²) in [4.78, 5) is 11.9. The molecule has 1 aliphatic carbocycles. The second-order valence-electron chi connectivity index (χ2n) is 5.00. The number of allylic oxidation sites excluding steroid dienone is 2. The second-order valence-corrected chi connectivity index (χ2v) is 5.00. The van der Waals surface area contributed by atoms with Crippen molar-refractivity contribution in [2.24, 2.45) is 0 Å². The molecule has 0 aromatic heterocycles. The minimum absolute atomic E-state index is 0.254. The molecular formula is C18H12O2. The fraction of sp³-hybridized carbons (Fsp3) is 0.0556. The molecule has 2 aliphatic rings. The zero-order valence-corrected chi connectivity index (χ0v) is 10.8. The number of hydrogen-bond donors (Lipinski definition) is 0. The molecule has 0 saturated heterocycles. The maximum Gasteiger partial charge on any atom is 0.344 e. The summed E-state index contributed by atoms with van der Waals surface area (Å²) in [5.74, 6) is 0.451. The number of carbonyl (C=O) groups is 1. The molecule has 4 rings (SSSR count). The van der Waals surface area contributed by atoms with E-state index in [0.717, 1.165) is 17.6 Å². The van der Waals surface area contributed by atoms with E-state index in [1.165, 1.54) is 11.1 Å². The number of benzene rings is 2. The quantitative estimate of drug-likeness (QED) is 0.673. The highest BCUT2D eigenvalue weighted by Gasteiger charge is 2.28. The van der Waals surface area contributed by atoms with Gasteiger partial charge >= 0.3 is 5.97 Å². The monoisotopic (exact) mass is 260 g/mol. The first kappa shape index (κ1) is 11.2. The molecule has 0 N–H and O–H groups in total. The third-order valence-corrected chi connectivity index (χ3v) is 3.78. The molecular weight excluding hydrogens is 248 g/mol. The van der Waals surface area contributed by atoms with E-state index in [4.69, 9.17) is 4.74 Å². The van der Waals surface area contributed by atoms with Gasteiger partial charge in [-0.15, -0.1) is 0 Å². The molecule has 2 nitrogen and oxygen atoms in total. The van der Waals surface area contributed by atoms with Crippen LogP contribution in [0.3, 0.4) is 0 Å². The summed E-state index contributed by atoms with van der Waals surface area (Å²) < 4.78 is 5.48. The smallest absolute Gasteiger partial charge is 0.344 e. The number of carbonyl (C=O) groups excluding carboxylic acids is 1. The lowest BCUT2D eigenvalue weighted by Gasteiger charge is -2.14. The SMILES string of the molecule is O=C1OC(=C2C=Cc3ccccc3C2)c2ccccc21. The van der Waals surface area contributed by atoms with Gasteiger partial charge in [0, 0.05) is 12.0 Å². The van der Waals surface area contributed by atoms with Crippen molar-refractivity contribution in [1.29, 1.82) is 0 Å². The summed E-state index contributed by atoms with van der Waals surface area (Å²) in [5.41, 5.74) is 5.10. The number of esters is 1. The molecule has 96 valence electrons. The molecule has 2 aromatic carbocycles. The van der Waals surface area contributed by atoms with E-state index in [9.17, 15) is 4.79 Å². The van der Waals surface area contributed by atoms with Crippen molar-refractivity contribution in [3.63, 3.8) is 0 Å². The van der Waals surface area contributed by atoms with E-state index in [0.29, 0.717) is 11.3 Å². The van der Waals surface area contributed by atoms with Gasteiger partial charge in [0.25, 0.3) is 0 Å². The zero-order chi connectivity index (χ0) is 13.5. The Morgan fingerprint density at radius 3 is 2.50 bits per heavy atom. The fourth-order valence-electron chi connectivity index (χ4n) is 2.77. The van der Waals surface area contributed by atoms with Crippen LogP contribution in [0.25, 0.3) is 11.8 Å². The Kier molecular flexibility index (Phi) is 2.36. The summed E-state index contributed by atoms with van der Waals surface area (Å²) in [6, 6.07) is 15.8. The van der Waals surface area contributed by atoms with Gasteiger partial charge in [0.2, 0.25) is 0 Å². The highest BCUT2D eigenvalue weighted by molar-refractivity contribution is 6.03. The van der Waals surface area contributed by atoms with Crippen LogP contribution in [-0.4, -0.2) is 5.97 Å². The fourth-order valence-corrected chi connectivity index (χ4v) is 2.77. The highest BCUT2D eigenvalue weighted by atomic mass is 16.5. The molecule has 2 heteroatoms. The lowest BCUT2D eigenvalue weighted by Crippen LogP contribution is -2.00. The summed E-state index contributed by atoms with van der Waals surface area (Å²) in [5, 5.41) is 0. The first-order valence-corrected chi connectivity index (χ1v) is 6.63. The largest absolute Gasteiger partial charge is 0.422 e. The third-order valence-electron chi connectivity index (χ3n) is 3.78. The van der Waals surface area contributed by atoms with E-state index in [-0.39, 0.29) is 5.97 Å². The van der Waals surface area contributed by atoms with Gasteiger partial charge in [0.15, 0.2) is 0 Å². The zero-order valence-electron chi connectivity index (χ0n) is 10.8. The van der Waals surface area contributed by atoms with Gasteiger partial charge < -0.3 is 4.74 Å². The number of hydrogen-bond acceptors (Lipinski definition) is 2. The molecule has 0 atom stereocenters. The Hall–Kier alpha value is -2.61.